The molecule has 0 bridgehead atoms. The van der Waals surface area contributed by atoms with Crippen LogP contribution >= 0.6 is 0 Å². The van der Waals surface area contributed by atoms with Gasteiger partial charge in [0.15, 0.2) is 0 Å². The van der Waals surface area contributed by atoms with E-state index in [1.165, 1.54) is 4.90 Å². The number of amides is 1. The molecular weight excluding hydrogens is 338 g/mol. The Kier molecular flexibility index (Phi) is 3.54. The number of carboxylic acid groups (broad SMARTS) is 1. The second-order valence-corrected chi connectivity index (χ2v) is 6.61. The van der Waals surface area contributed by atoms with E-state index >= 15 is 0 Å². The fraction of sp³-hybridized carbons (Fsp3) is 0.263. The van der Waals surface area contributed by atoms with E-state index in [0.717, 1.165) is 28.9 Å². The minimum Gasteiger partial charge on any atom is -0.478 e. The fourth-order valence-corrected chi connectivity index (χ4v) is 4.20. The molecule has 1 aromatic rings. The number of carbonyl (C=O) groups excluding carboxylic acids is 3. The fourth-order valence-electron chi connectivity index (χ4n) is 4.20. The molecule has 132 valence electrons. The number of aliphatic carboxylic acids is 1. The number of benzene rings is 1. The molecule has 0 radical (unpaired) electrons. The monoisotopic (exact) mass is 353 g/mol. The summed E-state index contributed by atoms with van der Waals surface area (Å²) >= 11 is 0. The van der Waals surface area contributed by atoms with Crippen molar-refractivity contribution in [2.24, 2.45) is 11.8 Å². The zero-order chi connectivity index (χ0) is 18.6. The number of rotatable bonds is 2. The molecule has 0 aromatic heterocycles. The van der Waals surface area contributed by atoms with Gasteiger partial charge in [-0.2, -0.15) is 0 Å². The molecule has 1 aliphatic carbocycles. The number of allylic oxidation sites excluding steroid dienone is 1. The highest BCUT2D eigenvalue weighted by Crippen LogP contribution is 2.52. The van der Waals surface area contributed by atoms with Crippen LogP contribution in [0.4, 0.5) is 5.69 Å². The van der Waals surface area contributed by atoms with Crippen molar-refractivity contribution in [1.82, 2.24) is 0 Å². The number of nitrogens with zero attached hydrogens (tertiary/aromatic N) is 1. The lowest BCUT2D eigenvalue weighted by atomic mass is 9.73. The van der Waals surface area contributed by atoms with E-state index in [-0.39, 0.29) is 0 Å². The minimum atomic E-state index is -1.24. The summed E-state index contributed by atoms with van der Waals surface area (Å²) in [5.74, 6) is -4.40. The van der Waals surface area contributed by atoms with Gasteiger partial charge in [0, 0.05) is 17.7 Å². The van der Waals surface area contributed by atoms with Crippen molar-refractivity contribution < 1.29 is 29.0 Å². The molecule has 3 aliphatic rings. The molecule has 3 atom stereocenters. The van der Waals surface area contributed by atoms with Crippen LogP contribution in [0.1, 0.15) is 18.9 Å². The maximum atomic E-state index is 12.8. The lowest BCUT2D eigenvalue weighted by Gasteiger charge is -2.34. The van der Waals surface area contributed by atoms with Gasteiger partial charge in [0.2, 0.25) is 0 Å². The summed E-state index contributed by atoms with van der Waals surface area (Å²) in [7, 11) is 0. The maximum Gasteiger partial charge on any atom is 0.328 e. The highest BCUT2D eigenvalue weighted by atomic mass is 16.6. The largest absolute Gasteiger partial charge is 0.478 e. The molecular formula is C19H15NO6. The van der Waals surface area contributed by atoms with Crippen LogP contribution in [0.2, 0.25) is 0 Å². The van der Waals surface area contributed by atoms with Crippen molar-refractivity contribution >= 4 is 35.1 Å². The van der Waals surface area contributed by atoms with Gasteiger partial charge < -0.3 is 9.84 Å². The SMILES string of the molecule is CC1=C2c3ccccc3N(C(=O)/C=C/C(=O)O)[C@H]2[C@H]2C(=O)OC(=O)[C@H]2C1. The predicted octanol–water partition coefficient (Wildman–Crippen LogP) is 1.54. The number of anilines is 1. The second-order valence-electron chi connectivity index (χ2n) is 6.61. The van der Waals surface area contributed by atoms with Gasteiger partial charge in [-0.25, -0.2) is 4.79 Å². The first-order valence-corrected chi connectivity index (χ1v) is 8.19. The highest BCUT2D eigenvalue weighted by Gasteiger charge is 2.57. The maximum absolute atomic E-state index is 12.8. The molecule has 1 amide bonds. The van der Waals surface area contributed by atoms with Crippen molar-refractivity contribution in [1.29, 1.82) is 0 Å². The molecule has 4 rings (SSSR count). The number of fused-ring (bicyclic) bond motifs is 5. The van der Waals surface area contributed by atoms with Crippen LogP contribution in [-0.4, -0.2) is 35.0 Å². The molecule has 26 heavy (non-hydrogen) atoms. The summed E-state index contributed by atoms with van der Waals surface area (Å²) < 4.78 is 4.84. The third-order valence-electron chi connectivity index (χ3n) is 5.17. The van der Waals surface area contributed by atoms with Crippen LogP contribution in [0.5, 0.6) is 0 Å². The molecule has 1 aromatic carbocycles. The summed E-state index contributed by atoms with van der Waals surface area (Å²) in [4.78, 5) is 49.4. The first kappa shape index (κ1) is 16.3. The lowest BCUT2D eigenvalue weighted by molar-refractivity contribution is -0.153. The Balaban J connectivity index is 1.89. The normalized spacial score (nSPS) is 26.7. The third kappa shape index (κ3) is 2.20. The van der Waals surface area contributed by atoms with E-state index in [2.05, 4.69) is 0 Å². The lowest BCUT2D eigenvalue weighted by Crippen LogP contribution is -2.47. The second kappa shape index (κ2) is 5.66. The number of hydrogen-bond donors (Lipinski definition) is 1. The molecule has 1 fully saturated rings. The topological polar surface area (TPSA) is 101 Å². The Labute approximate surface area is 148 Å². The summed E-state index contributed by atoms with van der Waals surface area (Å²) in [6, 6.07) is 6.54. The third-order valence-corrected chi connectivity index (χ3v) is 5.17. The number of cyclic esters (lactones) is 2. The van der Waals surface area contributed by atoms with E-state index in [4.69, 9.17) is 9.84 Å². The quantitative estimate of drug-likeness (QED) is 0.492. The van der Waals surface area contributed by atoms with Crippen LogP contribution in [0, 0.1) is 11.8 Å². The van der Waals surface area contributed by atoms with E-state index in [0.29, 0.717) is 12.1 Å². The van der Waals surface area contributed by atoms with Crippen molar-refractivity contribution in [3.8, 4) is 0 Å². The van der Waals surface area contributed by atoms with Gasteiger partial charge in [0.25, 0.3) is 5.91 Å². The summed E-state index contributed by atoms with van der Waals surface area (Å²) in [6.45, 7) is 1.88. The van der Waals surface area contributed by atoms with Crippen LogP contribution in [0.25, 0.3) is 5.57 Å². The Hall–Kier alpha value is -3.22. The Morgan fingerprint density at radius 1 is 1.19 bits per heavy atom. The minimum absolute atomic E-state index is 0.405. The molecule has 1 N–H and O–H groups in total. The van der Waals surface area contributed by atoms with Gasteiger partial charge in [0.05, 0.1) is 23.6 Å². The number of para-hydroxylation sites is 1. The molecule has 1 saturated heterocycles. The summed E-state index contributed by atoms with van der Waals surface area (Å²) in [6.07, 6.45) is 2.13. The van der Waals surface area contributed by atoms with Crippen molar-refractivity contribution in [2.45, 2.75) is 19.4 Å². The van der Waals surface area contributed by atoms with Gasteiger partial charge >= 0.3 is 17.9 Å². The van der Waals surface area contributed by atoms with Gasteiger partial charge in [0.1, 0.15) is 0 Å². The van der Waals surface area contributed by atoms with Gasteiger partial charge in [-0.05, 0) is 25.0 Å². The molecule has 0 saturated carbocycles. The predicted molar refractivity (Wildman–Crippen MR) is 89.8 cm³/mol. The molecule has 0 unspecified atom stereocenters. The average molecular weight is 353 g/mol. The van der Waals surface area contributed by atoms with Gasteiger partial charge in [-0.3, -0.25) is 19.3 Å². The molecule has 0 spiro atoms. The number of carboxylic acids is 1. The first-order chi connectivity index (χ1) is 12.4. The highest BCUT2D eigenvalue weighted by molar-refractivity contribution is 6.13. The smallest absolute Gasteiger partial charge is 0.328 e. The summed E-state index contributed by atoms with van der Waals surface area (Å²) in [5, 5.41) is 8.82. The van der Waals surface area contributed by atoms with Crippen LogP contribution < -0.4 is 4.90 Å². The van der Waals surface area contributed by atoms with Gasteiger partial charge in [-0.1, -0.05) is 23.8 Å². The average Bonchev–Trinajstić information content (AvgIpc) is 3.08. The number of hydrogen-bond acceptors (Lipinski definition) is 5. The van der Waals surface area contributed by atoms with Crippen LogP contribution in [0.15, 0.2) is 42.0 Å². The zero-order valence-electron chi connectivity index (χ0n) is 13.8. The zero-order valence-corrected chi connectivity index (χ0v) is 13.8. The first-order valence-electron chi connectivity index (χ1n) is 8.19. The molecule has 2 heterocycles. The summed E-state index contributed by atoms with van der Waals surface area (Å²) in [5.41, 5.74) is 3.18. The van der Waals surface area contributed by atoms with Crippen LogP contribution in [0.3, 0.4) is 0 Å². The van der Waals surface area contributed by atoms with E-state index in [1.807, 2.05) is 19.1 Å². The molecule has 7 nitrogen and oxygen atoms in total. The number of carbonyl (C=O) groups is 4. The number of ether oxygens (including phenoxy) is 1. The van der Waals surface area contributed by atoms with Crippen LogP contribution in [-0.2, 0) is 23.9 Å². The van der Waals surface area contributed by atoms with Crippen molar-refractivity contribution in [3.63, 3.8) is 0 Å². The molecule has 7 heteroatoms. The Morgan fingerprint density at radius 2 is 1.92 bits per heavy atom. The van der Waals surface area contributed by atoms with E-state index in [1.54, 1.807) is 12.1 Å². The Morgan fingerprint density at radius 3 is 2.65 bits per heavy atom. The van der Waals surface area contributed by atoms with Gasteiger partial charge in [-0.15, -0.1) is 0 Å². The number of esters is 2. The molecule has 2 aliphatic heterocycles. The van der Waals surface area contributed by atoms with Crippen molar-refractivity contribution in [2.75, 3.05) is 4.90 Å². The standard InChI is InChI=1S/C19H15NO6/c1-9-8-11-16(19(25)26-18(11)24)17-15(9)10-4-2-3-5-12(10)20(17)13(21)6-7-14(22)23/h2-7,11,16-17H,8H2,1H3,(H,22,23)/b7-6+/t11-,16-,17+/m0/s1. The van der Waals surface area contributed by atoms with Crippen molar-refractivity contribution in [3.05, 3.63) is 47.6 Å². The van der Waals surface area contributed by atoms with E-state index < -0.39 is 41.7 Å². The van der Waals surface area contributed by atoms with E-state index in [9.17, 15) is 19.2 Å². The Bertz CT molecular complexity index is 928.